The van der Waals surface area contributed by atoms with E-state index in [9.17, 15) is 9.35 Å². The number of nitrogens with zero attached hydrogens (tertiary/aromatic N) is 1. The minimum atomic E-state index is -1.37. The van der Waals surface area contributed by atoms with Gasteiger partial charge in [0, 0.05) is 40.8 Å². The minimum Gasteiger partial charge on any atom is -0.593 e. The van der Waals surface area contributed by atoms with E-state index in [0.717, 1.165) is 37.1 Å². The van der Waals surface area contributed by atoms with E-state index in [-0.39, 0.29) is 11.9 Å². The van der Waals surface area contributed by atoms with Gasteiger partial charge in [0.1, 0.15) is 12.0 Å². The molecule has 1 saturated carbocycles. The molecule has 34 heavy (non-hydrogen) atoms. The van der Waals surface area contributed by atoms with E-state index in [1.54, 1.807) is 7.11 Å². The number of aromatic amines is 1. The second-order valence-corrected chi connectivity index (χ2v) is 10.9. The van der Waals surface area contributed by atoms with Gasteiger partial charge in [-0.1, -0.05) is 12.1 Å². The van der Waals surface area contributed by atoms with Crippen LogP contribution in [0.5, 0.6) is 5.75 Å². The molecule has 0 spiro atoms. The maximum Gasteiger partial charge on any atom is 0.292 e. The van der Waals surface area contributed by atoms with Gasteiger partial charge in [-0.3, -0.25) is 9.69 Å². The van der Waals surface area contributed by atoms with Crippen molar-refractivity contribution in [3.05, 3.63) is 64.8 Å². The third-order valence-corrected chi connectivity index (χ3v) is 8.00. The number of aryl methyl sites for hydroxylation is 1. The molecule has 6 nitrogen and oxygen atoms in total. The SMILES string of the molecule is COc1cc(C)c2[nH]ccc2c1CN1CCC(C2CC2)C[C@H]1c1ccc(C(=O)N[S+](C)[O-])cc1. The number of piperidine rings is 1. The quantitative estimate of drug-likeness (QED) is 0.474. The van der Waals surface area contributed by atoms with Crippen molar-refractivity contribution in [1.82, 2.24) is 14.6 Å². The van der Waals surface area contributed by atoms with E-state index >= 15 is 0 Å². The Labute approximate surface area is 204 Å². The molecule has 0 bridgehead atoms. The Bertz CT molecular complexity index is 1170. The number of benzene rings is 2. The Hall–Kier alpha value is -2.48. The summed E-state index contributed by atoms with van der Waals surface area (Å²) in [6, 6.07) is 12.4. The number of aromatic nitrogens is 1. The third-order valence-electron chi connectivity index (χ3n) is 7.53. The van der Waals surface area contributed by atoms with Crippen molar-refractivity contribution in [2.75, 3.05) is 19.9 Å². The van der Waals surface area contributed by atoms with Gasteiger partial charge in [-0.05, 0) is 86.4 Å². The van der Waals surface area contributed by atoms with Gasteiger partial charge in [-0.25, -0.2) is 0 Å². The summed E-state index contributed by atoms with van der Waals surface area (Å²) in [6.07, 6.45) is 8.56. The standard InChI is InChI=1S/C27H33N3O3S/c1-17-14-25(33-2)23(22-10-12-28-26(17)22)16-30-13-11-21(18-4-5-18)15-24(30)19-6-8-20(9-7-19)27(31)29-34(3)32/h6-10,12,14,18,21,24,28H,4-5,11,13,15-16H2,1-3H3,(H,29,31)/t21?,24-,34?/m0/s1. The van der Waals surface area contributed by atoms with E-state index in [2.05, 4.69) is 45.8 Å². The second-order valence-electron chi connectivity index (χ2n) is 9.76. The van der Waals surface area contributed by atoms with Crippen LogP contribution in [-0.2, 0) is 17.9 Å². The van der Waals surface area contributed by atoms with Crippen LogP contribution in [0.1, 0.15) is 58.8 Å². The van der Waals surface area contributed by atoms with E-state index in [1.807, 2.05) is 18.3 Å². The molecule has 1 aromatic heterocycles. The summed E-state index contributed by atoms with van der Waals surface area (Å²) in [6.45, 7) is 3.98. The highest BCUT2D eigenvalue weighted by Crippen LogP contribution is 2.47. The average molecular weight is 480 g/mol. The molecule has 2 N–H and O–H groups in total. The van der Waals surface area contributed by atoms with Gasteiger partial charge in [-0.15, -0.1) is 0 Å². The number of fused-ring (bicyclic) bond motifs is 1. The molecular formula is C27H33N3O3S. The third kappa shape index (κ3) is 4.69. The number of likely N-dealkylation sites (tertiary alicyclic amines) is 1. The molecule has 3 atom stereocenters. The fourth-order valence-corrected chi connectivity index (χ4v) is 5.98. The van der Waals surface area contributed by atoms with Gasteiger partial charge < -0.3 is 14.3 Å². The van der Waals surface area contributed by atoms with Crippen LogP contribution in [-0.4, -0.2) is 40.3 Å². The molecule has 2 aromatic carbocycles. The molecule has 1 aliphatic heterocycles. The Morgan fingerprint density at radius 2 is 1.97 bits per heavy atom. The number of hydrogen-bond acceptors (Lipinski definition) is 4. The normalized spacial score (nSPS) is 22.0. The summed E-state index contributed by atoms with van der Waals surface area (Å²) in [5, 5.41) is 1.22. The summed E-state index contributed by atoms with van der Waals surface area (Å²) >= 11 is -1.37. The predicted molar refractivity (Wildman–Crippen MR) is 136 cm³/mol. The first-order valence-corrected chi connectivity index (χ1v) is 13.6. The predicted octanol–water partition coefficient (Wildman–Crippen LogP) is 4.87. The Morgan fingerprint density at radius 3 is 2.65 bits per heavy atom. The molecule has 3 aromatic rings. The van der Waals surface area contributed by atoms with Crippen molar-refractivity contribution < 1.29 is 14.1 Å². The summed E-state index contributed by atoms with van der Waals surface area (Å²) < 4.78 is 19.7. The molecule has 2 aliphatic rings. The zero-order chi connectivity index (χ0) is 23.8. The molecule has 0 radical (unpaired) electrons. The largest absolute Gasteiger partial charge is 0.593 e. The summed E-state index contributed by atoms with van der Waals surface area (Å²) in [5.41, 5.74) is 5.35. The van der Waals surface area contributed by atoms with Crippen LogP contribution in [0.2, 0.25) is 0 Å². The highest BCUT2D eigenvalue weighted by atomic mass is 32.2. The molecule has 2 heterocycles. The van der Waals surface area contributed by atoms with Crippen molar-refractivity contribution in [1.29, 1.82) is 0 Å². The Kier molecular flexibility index (Phi) is 6.60. The Morgan fingerprint density at radius 1 is 1.21 bits per heavy atom. The molecule has 2 unspecified atom stereocenters. The fraction of sp³-hybridized carbons (Fsp3) is 0.444. The lowest BCUT2D eigenvalue weighted by Crippen LogP contribution is -2.37. The lowest BCUT2D eigenvalue weighted by Gasteiger charge is -2.40. The van der Waals surface area contributed by atoms with Gasteiger partial charge in [0.25, 0.3) is 5.91 Å². The maximum atomic E-state index is 12.3. The second kappa shape index (κ2) is 9.64. The summed E-state index contributed by atoms with van der Waals surface area (Å²) in [4.78, 5) is 18.2. The first kappa shape index (κ1) is 23.3. The van der Waals surface area contributed by atoms with Gasteiger partial charge in [0.15, 0.2) is 0 Å². The molecule has 1 aliphatic carbocycles. The zero-order valence-electron chi connectivity index (χ0n) is 20.1. The zero-order valence-corrected chi connectivity index (χ0v) is 20.9. The summed E-state index contributed by atoms with van der Waals surface area (Å²) in [7, 11) is 1.75. The van der Waals surface area contributed by atoms with Crippen molar-refractivity contribution in [2.45, 2.75) is 45.2 Å². The van der Waals surface area contributed by atoms with Crippen LogP contribution in [0, 0.1) is 18.8 Å². The molecule has 180 valence electrons. The monoisotopic (exact) mass is 479 g/mol. The van der Waals surface area contributed by atoms with E-state index in [1.165, 1.54) is 53.1 Å². The van der Waals surface area contributed by atoms with Crippen LogP contribution in [0.4, 0.5) is 0 Å². The molecule has 1 saturated heterocycles. The number of amides is 1. The van der Waals surface area contributed by atoms with Crippen LogP contribution >= 0.6 is 0 Å². The average Bonchev–Trinajstić information content (AvgIpc) is 3.56. The highest BCUT2D eigenvalue weighted by molar-refractivity contribution is 7.89. The first-order chi connectivity index (χ1) is 16.4. The number of rotatable bonds is 7. The number of methoxy groups -OCH3 is 1. The van der Waals surface area contributed by atoms with Gasteiger partial charge in [0.2, 0.25) is 0 Å². The maximum absolute atomic E-state index is 12.3. The lowest BCUT2D eigenvalue weighted by atomic mass is 9.83. The topological polar surface area (TPSA) is 80.4 Å². The van der Waals surface area contributed by atoms with Crippen LogP contribution in [0.3, 0.4) is 0 Å². The number of carbonyl (C=O) groups excluding carboxylic acids is 1. The van der Waals surface area contributed by atoms with Gasteiger partial charge >= 0.3 is 0 Å². The van der Waals surface area contributed by atoms with Crippen LogP contribution in [0.25, 0.3) is 10.9 Å². The highest BCUT2D eigenvalue weighted by Gasteiger charge is 2.38. The van der Waals surface area contributed by atoms with E-state index in [0.29, 0.717) is 5.56 Å². The number of carbonyl (C=O) groups is 1. The van der Waals surface area contributed by atoms with E-state index < -0.39 is 11.4 Å². The number of nitrogens with one attached hydrogen (secondary N) is 2. The minimum absolute atomic E-state index is 0.289. The van der Waals surface area contributed by atoms with Crippen LogP contribution < -0.4 is 9.46 Å². The van der Waals surface area contributed by atoms with Crippen LogP contribution in [0.15, 0.2) is 42.6 Å². The summed E-state index contributed by atoms with van der Waals surface area (Å²) in [5.74, 6) is 2.27. The molecule has 7 heteroatoms. The number of H-pyrrole nitrogens is 1. The van der Waals surface area contributed by atoms with Crippen molar-refractivity contribution >= 4 is 28.2 Å². The van der Waals surface area contributed by atoms with Crippen molar-refractivity contribution in [3.8, 4) is 5.75 Å². The number of hydrogen-bond donors (Lipinski definition) is 2. The van der Waals surface area contributed by atoms with Gasteiger partial charge in [-0.2, -0.15) is 4.72 Å². The van der Waals surface area contributed by atoms with E-state index in [4.69, 9.17) is 4.74 Å². The fourth-order valence-electron chi connectivity index (χ4n) is 5.60. The molecule has 2 fully saturated rings. The first-order valence-electron chi connectivity index (χ1n) is 12.1. The lowest BCUT2D eigenvalue weighted by molar-refractivity contribution is 0.0951. The van der Waals surface area contributed by atoms with Crippen molar-refractivity contribution in [2.24, 2.45) is 11.8 Å². The smallest absolute Gasteiger partial charge is 0.292 e. The number of ether oxygens (including phenoxy) is 1. The Balaban J connectivity index is 1.45. The van der Waals surface area contributed by atoms with Crippen molar-refractivity contribution in [3.63, 3.8) is 0 Å². The molecule has 1 amide bonds. The van der Waals surface area contributed by atoms with Gasteiger partial charge in [0.05, 0.1) is 18.5 Å². The molecule has 5 rings (SSSR count). The molecular weight excluding hydrogens is 446 g/mol.